The van der Waals surface area contributed by atoms with Crippen LogP contribution in [0.3, 0.4) is 0 Å². The number of carbonyl (C=O) groups is 1. The van der Waals surface area contributed by atoms with E-state index >= 15 is 0 Å². The molecule has 0 fully saturated rings. The Kier molecular flexibility index (Phi) is 8.67. The van der Waals surface area contributed by atoms with Crippen molar-refractivity contribution in [3.63, 3.8) is 0 Å². The SMILES string of the molecule is CCCCOOCc1ccc(C(=O)OCCCC)cc1. The zero-order valence-corrected chi connectivity index (χ0v) is 12.4. The van der Waals surface area contributed by atoms with Crippen molar-refractivity contribution in [1.82, 2.24) is 0 Å². The largest absolute Gasteiger partial charge is 0.462 e. The molecule has 112 valence electrons. The van der Waals surface area contributed by atoms with E-state index in [0.29, 0.717) is 25.4 Å². The van der Waals surface area contributed by atoms with Crippen LogP contribution in [0.4, 0.5) is 0 Å². The molecule has 1 rings (SSSR count). The molecule has 0 aliphatic carbocycles. The highest BCUT2D eigenvalue weighted by Crippen LogP contribution is 2.08. The maximum atomic E-state index is 11.7. The highest BCUT2D eigenvalue weighted by molar-refractivity contribution is 5.89. The fourth-order valence-electron chi connectivity index (χ4n) is 1.50. The van der Waals surface area contributed by atoms with E-state index < -0.39 is 0 Å². The summed E-state index contributed by atoms with van der Waals surface area (Å²) in [4.78, 5) is 21.8. The second-order valence-electron chi connectivity index (χ2n) is 4.62. The molecule has 4 heteroatoms. The Balaban J connectivity index is 2.30. The van der Waals surface area contributed by atoms with Gasteiger partial charge in [0.1, 0.15) is 6.61 Å². The van der Waals surface area contributed by atoms with Gasteiger partial charge in [0.05, 0.1) is 18.8 Å². The number of ether oxygens (including phenoxy) is 1. The number of esters is 1. The lowest BCUT2D eigenvalue weighted by molar-refractivity contribution is -0.304. The second kappa shape index (κ2) is 10.4. The van der Waals surface area contributed by atoms with Gasteiger partial charge >= 0.3 is 5.97 Å². The van der Waals surface area contributed by atoms with E-state index in [0.717, 1.165) is 31.2 Å². The minimum absolute atomic E-state index is 0.273. The van der Waals surface area contributed by atoms with E-state index in [9.17, 15) is 4.79 Å². The Morgan fingerprint density at radius 2 is 1.60 bits per heavy atom. The molecular formula is C16H24O4. The summed E-state index contributed by atoms with van der Waals surface area (Å²) < 4.78 is 5.14. The normalized spacial score (nSPS) is 10.5. The van der Waals surface area contributed by atoms with E-state index in [1.165, 1.54) is 0 Å². The van der Waals surface area contributed by atoms with Gasteiger partial charge in [-0.25, -0.2) is 14.6 Å². The first-order valence-corrected chi connectivity index (χ1v) is 7.28. The van der Waals surface area contributed by atoms with Gasteiger partial charge in [0.25, 0.3) is 0 Å². The third-order valence-corrected chi connectivity index (χ3v) is 2.81. The van der Waals surface area contributed by atoms with Gasteiger partial charge in [-0.3, -0.25) is 0 Å². The number of carbonyl (C=O) groups excluding carboxylic acids is 1. The smallest absolute Gasteiger partial charge is 0.338 e. The van der Waals surface area contributed by atoms with Crippen LogP contribution in [-0.4, -0.2) is 19.2 Å². The minimum Gasteiger partial charge on any atom is -0.462 e. The van der Waals surface area contributed by atoms with Crippen molar-refractivity contribution in [2.75, 3.05) is 13.2 Å². The molecule has 0 aliphatic heterocycles. The lowest BCUT2D eigenvalue weighted by Crippen LogP contribution is -2.06. The van der Waals surface area contributed by atoms with Crippen LogP contribution in [0.5, 0.6) is 0 Å². The van der Waals surface area contributed by atoms with Crippen LogP contribution in [0, 0.1) is 0 Å². The zero-order valence-electron chi connectivity index (χ0n) is 12.4. The monoisotopic (exact) mass is 280 g/mol. The minimum atomic E-state index is -0.273. The molecule has 0 radical (unpaired) electrons. The van der Waals surface area contributed by atoms with Gasteiger partial charge in [0, 0.05) is 0 Å². The van der Waals surface area contributed by atoms with Crippen LogP contribution in [-0.2, 0) is 21.1 Å². The summed E-state index contributed by atoms with van der Waals surface area (Å²) >= 11 is 0. The molecule has 1 aromatic carbocycles. The maximum absolute atomic E-state index is 11.7. The van der Waals surface area contributed by atoms with Crippen LogP contribution >= 0.6 is 0 Å². The fraction of sp³-hybridized carbons (Fsp3) is 0.562. The molecule has 0 atom stereocenters. The van der Waals surface area contributed by atoms with Crippen molar-refractivity contribution in [2.45, 2.75) is 46.1 Å². The van der Waals surface area contributed by atoms with Gasteiger partial charge in [-0.05, 0) is 30.5 Å². The summed E-state index contributed by atoms with van der Waals surface area (Å²) in [6, 6.07) is 7.19. The van der Waals surface area contributed by atoms with Crippen molar-refractivity contribution in [3.8, 4) is 0 Å². The quantitative estimate of drug-likeness (QED) is 0.282. The van der Waals surface area contributed by atoms with E-state index in [-0.39, 0.29) is 5.97 Å². The maximum Gasteiger partial charge on any atom is 0.338 e. The molecule has 0 spiro atoms. The Bertz CT molecular complexity index is 373. The first kappa shape index (κ1) is 16.7. The van der Waals surface area contributed by atoms with Gasteiger partial charge in [-0.1, -0.05) is 38.8 Å². The van der Waals surface area contributed by atoms with Gasteiger partial charge in [0.2, 0.25) is 0 Å². The van der Waals surface area contributed by atoms with Crippen molar-refractivity contribution in [3.05, 3.63) is 35.4 Å². The molecule has 20 heavy (non-hydrogen) atoms. The topological polar surface area (TPSA) is 44.8 Å². The third kappa shape index (κ3) is 6.68. The van der Waals surface area contributed by atoms with Crippen molar-refractivity contribution < 1.29 is 19.3 Å². The third-order valence-electron chi connectivity index (χ3n) is 2.81. The van der Waals surface area contributed by atoms with Crippen LogP contribution in [0.2, 0.25) is 0 Å². The van der Waals surface area contributed by atoms with E-state index in [4.69, 9.17) is 14.5 Å². The first-order chi connectivity index (χ1) is 9.77. The van der Waals surface area contributed by atoms with E-state index in [1.54, 1.807) is 12.1 Å². The highest BCUT2D eigenvalue weighted by atomic mass is 17.2. The Labute approximate surface area is 121 Å². The van der Waals surface area contributed by atoms with Gasteiger partial charge < -0.3 is 4.74 Å². The number of hydrogen-bond acceptors (Lipinski definition) is 4. The summed E-state index contributed by atoms with van der Waals surface area (Å²) in [7, 11) is 0. The number of unbranched alkanes of at least 4 members (excludes halogenated alkanes) is 2. The molecule has 0 unspecified atom stereocenters. The predicted octanol–water partition coefficient (Wildman–Crippen LogP) is 3.89. The van der Waals surface area contributed by atoms with Crippen LogP contribution in [0.25, 0.3) is 0 Å². The van der Waals surface area contributed by atoms with Crippen molar-refractivity contribution in [1.29, 1.82) is 0 Å². The molecule has 1 aromatic rings. The van der Waals surface area contributed by atoms with Crippen molar-refractivity contribution in [2.24, 2.45) is 0 Å². The van der Waals surface area contributed by atoms with Crippen LogP contribution in [0.15, 0.2) is 24.3 Å². The molecule has 0 saturated carbocycles. The van der Waals surface area contributed by atoms with Gasteiger partial charge in [-0.2, -0.15) is 0 Å². The summed E-state index contributed by atoms with van der Waals surface area (Å²) in [5.41, 5.74) is 1.53. The second-order valence-corrected chi connectivity index (χ2v) is 4.62. The molecule has 0 N–H and O–H groups in total. The summed E-state index contributed by atoms with van der Waals surface area (Å²) in [5, 5.41) is 0. The number of hydrogen-bond donors (Lipinski definition) is 0. The van der Waals surface area contributed by atoms with Gasteiger partial charge in [0.15, 0.2) is 0 Å². The number of rotatable bonds is 10. The molecule has 0 aromatic heterocycles. The van der Waals surface area contributed by atoms with Crippen LogP contribution in [0.1, 0.15) is 55.5 Å². The fourth-order valence-corrected chi connectivity index (χ4v) is 1.50. The average Bonchev–Trinajstić information content (AvgIpc) is 2.48. The lowest BCUT2D eigenvalue weighted by Gasteiger charge is -2.06. The predicted molar refractivity (Wildman–Crippen MR) is 77.3 cm³/mol. The summed E-state index contributed by atoms with van der Waals surface area (Å²) in [5.74, 6) is -0.273. The Hall–Kier alpha value is -1.39. The standard InChI is InChI=1S/C16H24O4/c1-3-5-11-18-16(17)15-9-7-14(8-10-15)13-20-19-12-6-4-2/h7-10H,3-6,11-13H2,1-2H3. The highest BCUT2D eigenvalue weighted by Gasteiger charge is 2.06. The lowest BCUT2D eigenvalue weighted by atomic mass is 10.1. The Morgan fingerprint density at radius 3 is 2.25 bits per heavy atom. The van der Waals surface area contributed by atoms with Crippen LogP contribution < -0.4 is 0 Å². The van der Waals surface area contributed by atoms with Gasteiger partial charge in [-0.15, -0.1) is 0 Å². The number of benzene rings is 1. The summed E-state index contributed by atoms with van der Waals surface area (Å²) in [6.45, 7) is 5.63. The Morgan fingerprint density at radius 1 is 0.950 bits per heavy atom. The van der Waals surface area contributed by atoms with E-state index in [2.05, 4.69) is 13.8 Å². The molecule has 0 bridgehead atoms. The molecule has 0 saturated heterocycles. The molecule has 0 heterocycles. The first-order valence-electron chi connectivity index (χ1n) is 7.28. The molecule has 4 nitrogen and oxygen atoms in total. The molecular weight excluding hydrogens is 256 g/mol. The summed E-state index contributed by atoms with van der Waals surface area (Å²) in [6.07, 6.45) is 3.98. The van der Waals surface area contributed by atoms with E-state index in [1.807, 2.05) is 12.1 Å². The molecule has 0 amide bonds. The zero-order chi connectivity index (χ0) is 14.6. The molecule has 0 aliphatic rings. The van der Waals surface area contributed by atoms with Crippen molar-refractivity contribution >= 4 is 5.97 Å². The average molecular weight is 280 g/mol.